The lowest BCUT2D eigenvalue weighted by molar-refractivity contribution is -0.150. The fraction of sp³-hybridized carbons (Fsp3) is 0.533. The van der Waals surface area contributed by atoms with Crippen molar-refractivity contribution >= 4 is 17.6 Å². The summed E-state index contributed by atoms with van der Waals surface area (Å²) in [6.45, 7) is 2.98. The van der Waals surface area contributed by atoms with Gasteiger partial charge in [-0.25, -0.2) is 4.39 Å². The molecule has 20 heavy (non-hydrogen) atoms. The lowest BCUT2D eigenvalue weighted by atomic mass is 9.90. The van der Waals surface area contributed by atoms with Crippen LogP contribution >= 0.6 is 11.6 Å². The Morgan fingerprint density at radius 2 is 2.30 bits per heavy atom. The first-order valence-electron chi connectivity index (χ1n) is 6.92. The average molecular weight is 300 g/mol. The Labute approximate surface area is 123 Å². The largest absolute Gasteiger partial charge is 0.480 e. The zero-order chi connectivity index (χ0) is 14.8. The number of likely N-dealkylation sites (tertiary alicyclic amines) is 1. The standard InChI is InChI=1S/C15H19ClFNO2/c1-2-6-15(14(19)20)7-3-8-18(15)10-11-4-5-12(16)9-13(11)17/h4-5,9H,2-3,6-8,10H2,1H3,(H,19,20). The van der Waals surface area contributed by atoms with Gasteiger partial charge in [0.05, 0.1) is 0 Å². The summed E-state index contributed by atoms with van der Waals surface area (Å²) in [7, 11) is 0. The normalized spacial score (nSPS) is 23.1. The molecule has 1 N–H and O–H groups in total. The second-order valence-corrected chi connectivity index (χ2v) is 5.78. The maximum atomic E-state index is 13.9. The van der Waals surface area contributed by atoms with Gasteiger partial charge < -0.3 is 5.11 Å². The Balaban J connectivity index is 2.24. The van der Waals surface area contributed by atoms with Crippen molar-refractivity contribution in [1.29, 1.82) is 0 Å². The van der Waals surface area contributed by atoms with E-state index in [4.69, 9.17) is 11.6 Å². The Morgan fingerprint density at radius 3 is 2.90 bits per heavy atom. The van der Waals surface area contributed by atoms with Gasteiger partial charge in [-0.05, 0) is 37.9 Å². The lowest BCUT2D eigenvalue weighted by Gasteiger charge is -2.34. The number of halogens is 2. The van der Waals surface area contributed by atoms with Crippen molar-refractivity contribution in [3.05, 3.63) is 34.6 Å². The molecule has 1 aliphatic heterocycles. The molecule has 1 aromatic carbocycles. The zero-order valence-corrected chi connectivity index (χ0v) is 12.3. The fourth-order valence-electron chi connectivity index (χ4n) is 3.07. The molecule has 110 valence electrons. The smallest absolute Gasteiger partial charge is 0.324 e. The van der Waals surface area contributed by atoms with Crippen LogP contribution < -0.4 is 0 Å². The number of carboxylic acids is 1. The van der Waals surface area contributed by atoms with Crippen LogP contribution in [0.25, 0.3) is 0 Å². The van der Waals surface area contributed by atoms with E-state index in [9.17, 15) is 14.3 Å². The van der Waals surface area contributed by atoms with E-state index < -0.39 is 11.5 Å². The number of rotatable bonds is 5. The minimum atomic E-state index is -0.846. The van der Waals surface area contributed by atoms with Gasteiger partial charge in [-0.3, -0.25) is 9.69 Å². The van der Waals surface area contributed by atoms with Crippen molar-refractivity contribution in [3.8, 4) is 0 Å². The summed E-state index contributed by atoms with van der Waals surface area (Å²) in [5, 5.41) is 9.95. The number of carbonyl (C=O) groups is 1. The fourth-order valence-corrected chi connectivity index (χ4v) is 3.23. The minimum absolute atomic E-state index is 0.315. The molecular weight excluding hydrogens is 281 g/mol. The van der Waals surface area contributed by atoms with Gasteiger partial charge in [0.25, 0.3) is 0 Å². The van der Waals surface area contributed by atoms with Crippen LogP contribution in [0.5, 0.6) is 0 Å². The van der Waals surface area contributed by atoms with E-state index in [0.29, 0.717) is 36.5 Å². The van der Waals surface area contributed by atoms with E-state index in [1.807, 2.05) is 11.8 Å². The monoisotopic (exact) mass is 299 g/mol. The van der Waals surface area contributed by atoms with Crippen molar-refractivity contribution < 1.29 is 14.3 Å². The molecule has 0 spiro atoms. The third-order valence-corrected chi connectivity index (χ3v) is 4.30. The third kappa shape index (κ3) is 2.81. The first kappa shape index (κ1) is 15.3. The third-order valence-electron chi connectivity index (χ3n) is 4.06. The summed E-state index contributed by atoms with van der Waals surface area (Å²) in [4.78, 5) is 13.6. The number of aliphatic carboxylic acids is 1. The second-order valence-electron chi connectivity index (χ2n) is 5.35. The molecular formula is C15H19ClFNO2. The Morgan fingerprint density at radius 1 is 1.55 bits per heavy atom. The van der Waals surface area contributed by atoms with Crippen molar-refractivity contribution in [3.63, 3.8) is 0 Å². The lowest BCUT2D eigenvalue weighted by Crippen LogP contribution is -2.50. The molecule has 1 unspecified atom stereocenters. The second kappa shape index (κ2) is 6.10. The molecule has 0 saturated carbocycles. The van der Waals surface area contributed by atoms with E-state index in [0.717, 1.165) is 12.8 Å². The van der Waals surface area contributed by atoms with Crippen LogP contribution in [-0.2, 0) is 11.3 Å². The van der Waals surface area contributed by atoms with Crippen LogP contribution in [0.3, 0.4) is 0 Å². The molecule has 2 rings (SSSR count). The summed E-state index contributed by atoms with van der Waals surface area (Å²) in [6.07, 6.45) is 2.86. The number of benzene rings is 1. The molecule has 1 atom stereocenters. The highest BCUT2D eigenvalue weighted by molar-refractivity contribution is 6.30. The van der Waals surface area contributed by atoms with Gasteiger partial charge in [0.15, 0.2) is 0 Å². The number of nitrogens with zero attached hydrogens (tertiary/aromatic N) is 1. The highest BCUT2D eigenvalue weighted by Gasteiger charge is 2.46. The van der Waals surface area contributed by atoms with Crippen molar-refractivity contribution in [2.75, 3.05) is 6.54 Å². The van der Waals surface area contributed by atoms with E-state index in [-0.39, 0.29) is 5.82 Å². The van der Waals surface area contributed by atoms with E-state index in [2.05, 4.69) is 0 Å². The predicted octanol–water partition coefficient (Wildman–Crippen LogP) is 3.70. The van der Waals surface area contributed by atoms with Crippen LogP contribution in [0.1, 0.15) is 38.2 Å². The van der Waals surface area contributed by atoms with Gasteiger partial charge >= 0.3 is 5.97 Å². The van der Waals surface area contributed by atoms with Gasteiger partial charge in [-0.15, -0.1) is 0 Å². The molecule has 0 aliphatic carbocycles. The molecule has 1 fully saturated rings. The highest BCUT2D eigenvalue weighted by atomic mass is 35.5. The Bertz CT molecular complexity index is 509. The van der Waals surface area contributed by atoms with Gasteiger partial charge in [-0.2, -0.15) is 0 Å². The first-order chi connectivity index (χ1) is 9.49. The highest BCUT2D eigenvalue weighted by Crippen LogP contribution is 2.35. The van der Waals surface area contributed by atoms with Gasteiger partial charge in [0.2, 0.25) is 0 Å². The molecule has 0 aromatic heterocycles. The molecule has 1 saturated heterocycles. The van der Waals surface area contributed by atoms with Crippen molar-refractivity contribution in [2.24, 2.45) is 0 Å². The van der Waals surface area contributed by atoms with Crippen LogP contribution in [0.15, 0.2) is 18.2 Å². The molecule has 0 amide bonds. The SMILES string of the molecule is CCCC1(C(=O)O)CCCN1Cc1ccc(Cl)cc1F. The maximum Gasteiger partial charge on any atom is 0.324 e. The topological polar surface area (TPSA) is 40.5 Å². The Kier molecular flexibility index (Phi) is 4.66. The summed E-state index contributed by atoms with van der Waals surface area (Å²) in [5.74, 6) is -1.17. The van der Waals surface area contributed by atoms with E-state index in [1.165, 1.54) is 6.07 Å². The maximum absolute atomic E-state index is 13.9. The summed E-state index contributed by atoms with van der Waals surface area (Å²) < 4.78 is 13.9. The first-order valence-corrected chi connectivity index (χ1v) is 7.30. The zero-order valence-electron chi connectivity index (χ0n) is 11.5. The summed E-state index contributed by atoms with van der Waals surface area (Å²) in [6, 6.07) is 4.54. The van der Waals surface area contributed by atoms with Gasteiger partial charge in [-0.1, -0.05) is 31.0 Å². The number of hydrogen-bond donors (Lipinski definition) is 1. The molecule has 0 bridgehead atoms. The van der Waals surface area contributed by atoms with E-state index >= 15 is 0 Å². The van der Waals surface area contributed by atoms with Gasteiger partial charge in [0, 0.05) is 17.1 Å². The molecule has 1 aromatic rings. The molecule has 5 heteroatoms. The van der Waals surface area contributed by atoms with Crippen LogP contribution in [0.4, 0.5) is 4.39 Å². The van der Waals surface area contributed by atoms with Gasteiger partial charge in [0.1, 0.15) is 11.4 Å². The summed E-state index contributed by atoms with van der Waals surface area (Å²) >= 11 is 5.74. The molecule has 1 aliphatic rings. The van der Waals surface area contributed by atoms with Crippen LogP contribution in [0, 0.1) is 5.82 Å². The number of hydrogen-bond acceptors (Lipinski definition) is 2. The van der Waals surface area contributed by atoms with Crippen LogP contribution in [-0.4, -0.2) is 28.1 Å². The molecule has 1 heterocycles. The Hall–Kier alpha value is -1.13. The minimum Gasteiger partial charge on any atom is -0.480 e. The molecule has 3 nitrogen and oxygen atoms in total. The molecule has 0 radical (unpaired) electrons. The quantitative estimate of drug-likeness (QED) is 0.901. The average Bonchev–Trinajstić information content (AvgIpc) is 2.77. The summed E-state index contributed by atoms with van der Waals surface area (Å²) in [5.41, 5.74) is -0.348. The van der Waals surface area contributed by atoms with Crippen molar-refractivity contribution in [1.82, 2.24) is 4.90 Å². The number of carboxylic acid groups (broad SMARTS) is 1. The van der Waals surface area contributed by atoms with Crippen molar-refractivity contribution in [2.45, 2.75) is 44.7 Å². The predicted molar refractivity (Wildman–Crippen MR) is 76.3 cm³/mol. The van der Waals surface area contributed by atoms with Crippen LogP contribution in [0.2, 0.25) is 5.02 Å². The van der Waals surface area contributed by atoms with E-state index in [1.54, 1.807) is 12.1 Å².